The summed E-state index contributed by atoms with van der Waals surface area (Å²) < 4.78 is 0.877. The molecule has 22 heavy (non-hydrogen) atoms. The molecule has 2 N–H and O–H groups in total. The maximum Gasteiger partial charge on any atom is 0.243 e. The second kappa shape index (κ2) is 7.45. The van der Waals surface area contributed by atoms with E-state index >= 15 is 0 Å². The SMILES string of the molecule is Cc1cccc(C(C)C)c1NCC(=O)Nc1ccccc1Br. The Morgan fingerprint density at radius 2 is 1.86 bits per heavy atom. The normalized spacial score (nSPS) is 10.6. The van der Waals surface area contributed by atoms with Gasteiger partial charge in [0.1, 0.15) is 0 Å². The maximum absolute atomic E-state index is 12.1. The quantitative estimate of drug-likeness (QED) is 0.793. The third-order valence-corrected chi connectivity index (χ3v) is 4.19. The van der Waals surface area contributed by atoms with E-state index in [1.54, 1.807) is 0 Å². The predicted octanol–water partition coefficient (Wildman–Crippen LogP) is 4.93. The predicted molar refractivity (Wildman–Crippen MR) is 96.5 cm³/mol. The Hall–Kier alpha value is -1.81. The first-order valence-corrected chi connectivity index (χ1v) is 8.16. The molecule has 0 unspecified atom stereocenters. The summed E-state index contributed by atoms with van der Waals surface area (Å²) >= 11 is 3.43. The van der Waals surface area contributed by atoms with Crippen molar-refractivity contribution in [3.05, 3.63) is 58.1 Å². The minimum Gasteiger partial charge on any atom is -0.376 e. The Bertz CT molecular complexity index is 668. The van der Waals surface area contributed by atoms with Crippen molar-refractivity contribution in [2.45, 2.75) is 26.7 Å². The highest BCUT2D eigenvalue weighted by Gasteiger charge is 2.11. The van der Waals surface area contributed by atoms with E-state index in [0.29, 0.717) is 5.92 Å². The van der Waals surface area contributed by atoms with Gasteiger partial charge in [0.05, 0.1) is 12.2 Å². The highest BCUT2D eigenvalue weighted by Crippen LogP contribution is 2.27. The van der Waals surface area contributed by atoms with Crippen molar-refractivity contribution in [1.82, 2.24) is 0 Å². The van der Waals surface area contributed by atoms with Crippen LogP contribution in [0.25, 0.3) is 0 Å². The molecule has 0 bridgehead atoms. The van der Waals surface area contributed by atoms with Gasteiger partial charge in [-0.05, 0) is 52.0 Å². The van der Waals surface area contributed by atoms with Crippen molar-refractivity contribution in [2.24, 2.45) is 0 Å². The van der Waals surface area contributed by atoms with Crippen molar-refractivity contribution in [1.29, 1.82) is 0 Å². The second-order valence-corrected chi connectivity index (χ2v) is 6.43. The average Bonchev–Trinajstić information content (AvgIpc) is 2.48. The van der Waals surface area contributed by atoms with Crippen LogP contribution in [0.5, 0.6) is 0 Å². The number of para-hydroxylation sites is 2. The van der Waals surface area contributed by atoms with Crippen molar-refractivity contribution in [3.8, 4) is 0 Å². The molecule has 4 heteroatoms. The Labute approximate surface area is 140 Å². The number of carbonyl (C=O) groups excluding carboxylic acids is 1. The first-order valence-electron chi connectivity index (χ1n) is 7.36. The van der Waals surface area contributed by atoms with Gasteiger partial charge in [0.15, 0.2) is 0 Å². The minimum absolute atomic E-state index is 0.0649. The number of nitrogens with one attached hydrogen (secondary N) is 2. The zero-order valence-electron chi connectivity index (χ0n) is 13.1. The molecule has 0 aliphatic heterocycles. The van der Waals surface area contributed by atoms with Gasteiger partial charge in [0, 0.05) is 10.2 Å². The van der Waals surface area contributed by atoms with Gasteiger partial charge in [-0.25, -0.2) is 0 Å². The summed E-state index contributed by atoms with van der Waals surface area (Å²) in [6, 6.07) is 13.8. The number of amides is 1. The van der Waals surface area contributed by atoms with Crippen LogP contribution in [0.3, 0.4) is 0 Å². The van der Waals surface area contributed by atoms with E-state index < -0.39 is 0 Å². The Morgan fingerprint density at radius 1 is 1.14 bits per heavy atom. The number of hydrogen-bond acceptors (Lipinski definition) is 2. The Morgan fingerprint density at radius 3 is 2.55 bits per heavy atom. The summed E-state index contributed by atoms with van der Waals surface area (Å²) in [5, 5.41) is 6.18. The monoisotopic (exact) mass is 360 g/mol. The van der Waals surface area contributed by atoms with Gasteiger partial charge in [0.2, 0.25) is 5.91 Å². The molecule has 0 heterocycles. The van der Waals surface area contributed by atoms with Crippen LogP contribution < -0.4 is 10.6 Å². The van der Waals surface area contributed by atoms with Gasteiger partial charge in [-0.3, -0.25) is 4.79 Å². The topological polar surface area (TPSA) is 41.1 Å². The van der Waals surface area contributed by atoms with E-state index in [1.807, 2.05) is 24.3 Å². The molecule has 0 radical (unpaired) electrons. The van der Waals surface area contributed by atoms with Crippen LogP contribution in [0.15, 0.2) is 46.9 Å². The number of anilines is 2. The zero-order chi connectivity index (χ0) is 16.1. The standard InChI is InChI=1S/C18H21BrN2O/c1-12(2)14-8-6-7-13(3)18(14)20-11-17(22)21-16-10-5-4-9-15(16)19/h4-10,12,20H,11H2,1-3H3,(H,21,22). The van der Waals surface area contributed by atoms with E-state index in [-0.39, 0.29) is 12.5 Å². The number of carbonyl (C=O) groups is 1. The highest BCUT2D eigenvalue weighted by atomic mass is 79.9. The molecule has 3 nitrogen and oxygen atoms in total. The lowest BCUT2D eigenvalue weighted by Gasteiger charge is -2.17. The van der Waals surface area contributed by atoms with Crippen molar-refractivity contribution < 1.29 is 4.79 Å². The smallest absolute Gasteiger partial charge is 0.243 e. The molecule has 1 amide bonds. The van der Waals surface area contributed by atoms with Gasteiger partial charge >= 0.3 is 0 Å². The summed E-state index contributed by atoms with van der Waals surface area (Å²) in [4.78, 5) is 12.1. The second-order valence-electron chi connectivity index (χ2n) is 5.58. The highest BCUT2D eigenvalue weighted by molar-refractivity contribution is 9.10. The molecule has 0 spiro atoms. The van der Waals surface area contributed by atoms with E-state index in [4.69, 9.17) is 0 Å². The minimum atomic E-state index is -0.0649. The lowest BCUT2D eigenvalue weighted by molar-refractivity contribution is -0.114. The molecular weight excluding hydrogens is 340 g/mol. The van der Waals surface area contributed by atoms with Crippen molar-refractivity contribution in [3.63, 3.8) is 0 Å². The van der Waals surface area contributed by atoms with Gasteiger partial charge in [0.25, 0.3) is 0 Å². The molecule has 2 aromatic carbocycles. The van der Waals surface area contributed by atoms with Crippen LogP contribution in [-0.2, 0) is 4.79 Å². The molecule has 0 aliphatic rings. The van der Waals surface area contributed by atoms with E-state index in [0.717, 1.165) is 21.4 Å². The Balaban J connectivity index is 2.04. The van der Waals surface area contributed by atoms with Crippen LogP contribution >= 0.6 is 15.9 Å². The fourth-order valence-corrected chi connectivity index (χ4v) is 2.72. The summed E-state index contributed by atoms with van der Waals surface area (Å²) in [6.45, 7) is 6.61. The number of benzene rings is 2. The van der Waals surface area contributed by atoms with Crippen molar-refractivity contribution >= 4 is 33.2 Å². The molecule has 0 aliphatic carbocycles. The zero-order valence-corrected chi connectivity index (χ0v) is 14.7. The summed E-state index contributed by atoms with van der Waals surface area (Å²) in [6.07, 6.45) is 0. The first-order chi connectivity index (χ1) is 10.5. The summed E-state index contributed by atoms with van der Waals surface area (Å²) in [5.41, 5.74) is 4.22. The van der Waals surface area contributed by atoms with Gasteiger partial charge in [-0.15, -0.1) is 0 Å². The maximum atomic E-state index is 12.1. The van der Waals surface area contributed by atoms with E-state index in [1.165, 1.54) is 5.56 Å². The fourth-order valence-electron chi connectivity index (χ4n) is 2.34. The van der Waals surface area contributed by atoms with Crippen LogP contribution in [0.4, 0.5) is 11.4 Å². The Kier molecular flexibility index (Phi) is 5.61. The molecule has 2 aromatic rings. The molecule has 0 fully saturated rings. The number of aryl methyl sites for hydroxylation is 1. The van der Waals surface area contributed by atoms with Crippen LogP contribution in [0.2, 0.25) is 0 Å². The average molecular weight is 361 g/mol. The third-order valence-electron chi connectivity index (χ3n) is 3.50. The van der Waals surface area contributed by atoms with E-state index in [9.17, 15) is 4.79 Å². The molecule has 0 aromatic heterocycles. The third kappa shape index (κ3) is 4.10. The van der Waals surface area contributed by atoms with E-state index in [2.05, 4.69) is 65.5 Å². The molecule has 0 atom stereocenters. The van der Waals surface area contributed by atoms with Crippen LogP contribution in [0.1, 0.15) is 30.9 Å². The van der Waals surface area contributed by atoms with Gasteiger partial charge in [-0.1, -0.05) is 44.2 Å². The number of halogens is 1. The lowest BCUT2D eigenvalue weighted by atomic mass is 9.98. The number of rotatable bonds is 5. The molecule has 0 saturated carbocycles. The molecule has 116 valence electrons. The molecular formula is C18H21BrN2O. The fraction of sp³-hybridized carbons (Fsp3) is 0.278. The molecule has 2 rings (SSSR count). The molecule has 0 saturated heterocycles. The number of hydrogen-bond donors (Lipinski definition) is 2. The van der Waals surface area contributed by atoms with Crippen LogP contribution in [-0.4, -0.2) is 12.5 Å². The van der Waals surface area contributed by atoms with Crippen molar-refractivity contribution in [2.75, 3.05) is 17.2 Å². The first kappa shape index (κ1) is 16.6. The van der Waals surface area contributed by atoms with Gasteiger partial charge < -0.3 is 10.6 Å². The summed E-state index contributed by atoms with van der Waals surface area (Å²) in [7, 11) is 0. The summed E-state index contributed by atoms with van der Waals surface area (Å²) in [5.74, 6) is 0.346. The van der Waals surface area contributed by atoms with Crippen LogP contribution in [0, 0.1) is 6.92 Å². The van der Waals surface area contributed by atoms with Gasteiger partial charge in [-0.2, -0.15) is 0 Å². The largest absolute Gasteiger partial charge is 0.376 e. The lowest BCUT2D eigenvalue weighted by Crippen LogP contribution is -2.22.